The van der Waals surface area contributed by atoms with Gasteiger partial charge in [-0.05, 0) is 42.1 Å². The summed E-state index contributed by atoms with van der Waals surface area (Å²) in [6, 6.07) is 10.6. The second kappa shape index (κ2) is 6.32. The van der Waals surface area contributed by atoms with E-state index in [0.29, 0.717) is 6.54 Å². The van der Waals surface area contributed by atoms with Crippen LogP contribution in [0.1, 0.15) is 13.3 Å². The molecule has 3 nitrogen and oxygen atoms in total. The Morgan fingerprint density at radius 3 is 2.91 bits per heavy atom. The van der Waals surface area contributed by atoms with E-state index >= 15 is 0 Å². The number of carbonyl (C=O) groups excluding carboxylic acids is 1. The zero-order valence-electron chi connectivity index (χ0n) is 12.3. The maximum Gasteiger partial charge on any atom is 0.239 e. The zero-order valence-corrected chi connectivity index (χ0v) is 13.1. The molecule has 0 saturated heterocycles. The summed E-state index contributed by atoms with van der Waals surface area (Å²) in [5.41, 5.74) is 1.82. The van der Waals surface area contributed by atoms with Crippen LogP contribution in [-0.2, 0) is 11.3 Å². The van der Waals surface area contributed by atoms with Gasteiger partial charge in [0.1, 0.15) is 12.4 Å². The molecule has 0 saturated carbocycles. The van der Waals surface area contributed by atoms with E-state index in [0.717, 1.165) is 27.9 Å². The van der Waals surface area contributed by atoms with Crippen molar-refractivity contribution in [1.82, 2.24) is 9.88 Å². The van der Waals surface area contributed by atoms with Gasteiger partial charge in [0, 0.05) is 17.4 Å². The smallest absolute Gasteiger partial charge is 0.239 e. The van der Waals surface area contributed by atoms with Crippen molar-refractivity contribution in [1.29, 1.82) is 0 Å². The Morgan fingerprint density at radius 1 is 1.32 bits per heavy atom. The molecule has 1 aromatic carbocycles. The van der Waals surface area contributed by atoms with Gasteiger partial charge in [-0.2, -0.15) is 0 Å². The molecule has 0 aliphatic heterocycles. The van der Waals surface area contributed by atoms with E-state index in [4.69, 9.17) is 0 Å². The molecule has 114 valence electrons. The lowest BCUT2D eigenvalue weighted by Gasteiger charge is -2.10. The number of thiophene rings is 1. The van der Waals surface area contributed by atoms with Crippen LogP contribution in [0.15, 0.2) is 41.8 Å². The molecule has 0 unspecified atom stereocenters. The Balaban J connectivity index is 2.05. The predicted octanol–water partition coefficient (Wildman–Crippen LogP) is 4.04. The Kier molecular flexibility index (Phi) is 4.24. The fourth-order valence-electron chi connectivity index (χ4n) is 2.50. The van der Waals surface area contributed by atoms with Crippen LogP contribution in [-0.4, -0.2) is 17.0 Å². The highest BCUT2D eigenvalue weighted by atomic mass is 32.1. The number of aromatic nitrogens is 1. The molecule has 0 radical (unpaired) electrons. The number of nitrogens with one attached hydrogen (secondary N) is 1. The Bertz CT molecular complexity index is 792. The van der Waals surface area contributed by atoms with Crippen molar-refractivity contribution >= 4 is 28.1 Å². The average Bonchev–Trinajstić information content (AvgIpc) is 3.13. The molecule has 2 aromatic heterocycles. The SMILES string of the molecule is CCCNC(=O)Cn1c(-c2cccs2)cc2cc(F)ccc21. The fraction of sp³-hybridized carbons (Fsp3) is 0.235. The van der Waals surface area contributed by atoms with Crippen molar-refractivity contribution in [3.05, 3.63) is 47.6 Å². The number of rotatable bonds is 5. The quantitative estimate of drug-likeness (QED) is 0.757. The molecule has 0 spiro atoms. The summed E-state index contributed by atoms with van der Waals surface area (Å²) in [5, 5.41) is 5.70. The standard InChI is InChI=1S/C17H17FN2OS/c1-2-7-19-17(21)11-20-14-6-5-13(18)9-12(14)10-15(20)16-4-3-8-22-16/h3-6,8-10H,2,7,11H2,1H3,(H,19,21). The van der Waals surface area contributed by atoms with Crippen molar-refractivity contribution in [2.24, 2.45) is 0 Å². The normalized spacial score (nSPS) is 11.0. The lowest BCUT2D eigenvalue weighted by atomic mass is 10.2. The molecule has 1 amide bonds. The number of amides is 1. The third-order valence-corrected chi connectivity index (χ3v) is 4.40. The first-order valence-corrected chi connectivity index (χ1v) is 8.16. The van der Waals surface area contributed by atoms with Crippen LogP contribution in [0.5, 0.6) is 0 Å². The molecular weight excluding hydrogens is 299 g/mol. The second-order valence-electron chi connectivity index (χ2n) is 5.15. The highest BCUT2D eigenvalue weighted by Crippen LogP contribution is 2.31. The van der Waals surface area contributed by atoms with Crippen molar-refractivity contribution in [2.45, 2.75) is 19.9 Å². The number of hydrogen-bond donors (Lipinski definition) is 1. The summed E-state index contributed by atoms with van der Waals surface area (Å²) in [6.07, 6.45) is 0.904. The van der Waals surface area contributed by atoms with E-state index in [1.165, 1.54) is 12.1 Å². The minimum atomic E-state index is -0.266. The van der Waals surface area contributed by atoms with Gasteiger partial charge in [-0.15, -0.1) is 11.3 Å². The van der Waals surface area contributed by atoms with Gasteiger partial charge in [0.05, 0.1) is 10.6 Å². The monoisotopic (exact) mass is 316 g/mol. The number of fused-ring (bicyclic) bond motifs is 1. The summed E-state index contributed by atoms with van der Waals surface area (Å²) in [7, 11) is 0. The molecule has 1 N–H and O–H groups in total. The van der Waals surface area contributed by atoms with Crippen LogP contribution in [0, 0.1) is 5.82 Å². The van der Waals surface area contributed by atoms with Crippen LogP contribution in [0.2, 0.25) is 0 Å². The maximum atomic E-state index is 13.5. The Morgan fingerprint density at radius 2 is 2.18 bits per heavy atom. The number of hydrogen-bond acceptors (Lipinski definition) is 2. The maximum absolute atomic E-state index is 13.5. The van der Waals surface area contributed by atoms with E-state index in [-0.39, 0.29) is 18.3 Å². The van der Waals surface area contributed by atoms with Gasteiger partial charge in [-0.25, -0.2) is 4.39 Å². The van der Waals surface area contributed by atoms with Gasteiger partial charge >= 0.3 is 0 Å². The van der Waals surface area contributed by atoms with E-state index in [9.17, 15) is 9.18 Å². The summed E-state index contributed by atoms with van der Waals surface area (Å²) in [4.78, 5) is 13.2. The summed E-state index contributed by atoms with van der Waals surface area (Å²) in [6.45, 7) is 2.93. The first kappa shape index (κ1) is 14.8. The van der Waals surface area contributed by atoms with Crippen molar-refractivity contribution in [3.63, 3.8) is 0 Å². The predicted molar refractivity (Wildman–Crippen MR) is 88.5 cm³/mol. The molecule has 0 aliphatic rings. The minimum absolute atomic E-state index is 0.0264. The van der Waals surface area contributed by atoms with Crippen molar-refractivity contribution in [3.8, 4) is 10.6 Å². The number of benzene rings is 1. The van der Waals surface area contributed by atoms with E-state index in [1.807, 2.05) is 35.1 Å². The highest BCUT2D eigenvalue weighted by Gasteiger charge is 2.14. The molecule has 0 atom stereocenters. The van der Waals surface area contributed by atoms with Crippen molar-refractivity contribution in [2.75, 3.05) is 6.54 Å². The molecule has 3 aromatic rings. The second-order valence-corrected chi connectivity index (χ2v) is 6.09. The van der Waals surface area contributed by atoms with Crippen LogP contribution < -0.4 is 5.32 Å². The van der Waals surface area contributed by atoms with Crippen LogP contribution in [0.4, 0.5) is 4.39 Å². The molecule has 0 fully saturated rings. The molecule has 3 rings (SSSR count). The zero-order chi connectivity index (χ0) is 15.5. The molecule has 22 heavy (non-hydrogen) atoms. The Hall–Kier alpha value is -2.14. The van der Waals surface area contributed by atoms with E-state index in [2.05, 4.69) is 5.32 Å². The number of nitrogens with zero attached hydrogens (tertiary/aromatic N) is 1. The molecule has 0 aliphatic carbocycles. The van der Waals surface area contributed by atoms with Crippen LogP contribution >= 0.6 is 11.3 Å². The first-order chi connectivity index (χ1) is 10.7. The highest BCUT2D eigenvalue weighted by molar-refractivity contribution is 7.13. The van der Waals surface area contributed by atoms with Gasteiger partial charge in [-0.3, -0.25) is 4.79 Å². The molecule has 5 heteroatoms. The molecular formula is C17H17FN2OS. The van der Waals surface area contributed by atoms with Crippen LogP contribution in [0.3, 0.4) is 0 Å². The molecule has 2 heterocycles. The summed E-state index contributed by atoms with van der Waals surface area (Å²) < 4.78 is 15.4. The lowest BCUT2D eigenvalue weighted by Crippen LogP contribution is -2.28. The van der Waals surface area contributed by atoms with E-state index < -0.39 is 0 Å². The summed E-state index contributed by atoms with van der Waals surface area (Å²) >= 11 is 1.61. The number of carbonyl (C=O) groups is 1. The summed E-state index contributed by atoms with van der Waals surface area (Å²) in [5.74, 6) is -0.292. The third kappa shape index (κ3) is 2.90. The van der Waals surface area contributed by atoms with Gasteiger partial charge in [0.15, 0.2) is 0 Å². The topological polar surface area (TPSA) is 34.0 Å². The van der Waals surface area contributed by atoms with Gasteiger partial charge in [-0.1, -0.05) is 13.0 Å². The minimum Gasteiger partial charge on any atom is -0.355 e. The first-order valence-electron chi connectivity index (χ1n) is 7.28. The third-order valence-electron chi connectivity index (χ3n) is 3.51. The van der Waals surface area contributed by atoms with Gasteiger partial charge in [0.2, 0.25) is 5.91 Å². The van der Waals surface area contributed by atoms with Crippen LogP contribution in [0.25, 0.3) is 21.5 Å². The number of halogens is 1. The lowest BCUT2D eigenvalue weighted by molar-refractivity contribution is -0.121. The largest absolute Gasteiger partial charge is 0.355 e. The Labute approximate surface area is 132 Å². The van der Waals surface area contributed by atoms with Crippen molar-refractivity contribution < 1.29 is 9.18 Å². The van der Waals surface area contributed by atoms with E-state index in [1.54, 1.807) is 17.4 Å². The van der Waals surface area contributed by atoms with Gasteiger partial charge in [0.25, 0.3) is 0 Å². The van der Waals surface area contributed by atoms with Gasteiger partial charge < -0.3 is 9.88 Å². The average molecular weight is 316 g/mol. The fourth-order valence-corrected chi connectivity index (χ4v) is 3.26. The molecule has 0 bridgehead atoms.